The van der Waals surface area contributed by atoms with E-state index in [0.717, 1.165) is 17.3 Å². The number of amides is 2. The molecule has 7 heteroatoms. The highest BCUT2D eigenvalue weighted by Crippen LogP contribution is 2.23. The Kier molecular flexibility index (Phi) is 4.90. The van der Waals surface area contributed by atoms with Gasteiger partial charge in [-0.3, -0.25) is 25.3 Å². The van der Waals surface area contributed by atoms with E-state index in [2.05, 4.69) is 10.3 Å². The van der Waals surface area contributed by atoms with Gasteiger partial charge >= 0.3 is 0 Å². The molecule has 2 N–H and O–H groups in total. The fraction of sp³-hybridized carbons (Fsp3) is 0.176. The van der Waals surface area contributed by atoms with E-state index in [9.17, 15) is 9.59 Å². The molecule has 1 aromatic carbocycles. The van der Waals surface area contributed by atoms with Crippen LogP contribution in [0.25, 0.3) is 0 Å². The van der Waals surface area contributed by atoms with Crippen molar-refractivity contribution in [2.45, 2.75) is 11.7 Å². The molecule has 0 aliphatic carbocycles. The van der Waals surface area contributed by atoms with Gasteiger partial charge in [0.2, 0.25) is 5.91 Å². The van der Waals surface area contributed by atoms with Crippen LogP contribution in [-0.2, 0) is 11.2 Å². The van der Waals surface area contributed by atoms with Gasteiger partial charge in [-0.05, 0) is 36.2 Å². The van der Waals surface area contributed by atoms with Gasteiger partial charge in [-0.15, -0.1) is 0 Å². The molecule has 2 heterocycles. The lowest BCUT2D eigenvalue weighted by molar-refractivity contribution is -0.118. The van der Waals surface area contributed by atoms with Gasteiger partial charge < -0.3 is 4.74 Å². The summed E-state index contributed by atoms with van der Waals surface area (Å²) in [7, 11) is 0. The van der Waals surface area contributed by atoms with Crippen molar-refractivity contribution >= 4 is 28.6 Å². The van der Waals surface area contributed by atoms with Gasteiger partial charge in [-0.2, -0.15) is 0 Å². The largest absolute Gasteiger partial charge is 0.487 e. The van der Waals surface area contributed by atoms with E-state index in [1.165, 1.54) is 0 Å². The number of rotatable bonds is 6. The first kappa shape index (κ1) is 16.2. The molecule has 6 nitrogen and oxygen atoms in total. The lowest BCUT2D eigenvalue weighted by Crippen LogP contribution is -2.25. The fourth-order valence-electron chi connectivity index (χ4n) is 2.23. The molecule has 2 amide bonds. The van der Waals surface area contributed by atoms with E-state index in [0.29, 0.717) is 23.6 Å². The van der Waals surface area contributed by atoms with Gasteiger partial charge in [0.15, 0.2) is 0 Å². The van der Waals surface area contributed by atoms with Gasteiger partial charge in [0, 0.05) is 6.20 Å². The summed E-state index contributed by atoms with van der Waals surface area (Å²) < 4.78 is 5.58. The molecular weight excluding hydrogens is 326 g/mol. The maximum Gasteiger partial charge on any atom is 0.286 e. The average Bonchev–Trinajstić information content (AvgIpc) is 2.92. The second kappa shape index (κ2) is 7.27. The molecule has 122 valence electrons. The molecule has 1 fully saturated rings. The summed E-state index contributed by atoms with van der Waals surface area (Å²) in [5.74, 6) is 0.396. The van der Waals surface area contributed by atoms with Crippen LogP contribution < -0.4 is 10.1 Å². The molecule has 1 unspecified atom stereocenters. The summed E-state index contributed by atoms with van der Waals surface area (Å²) in [6.45, 7) is 0.131. The average molecular weight is 341 g/mol. The number of imide groups is 1. The molecular formula is C17H15N3O3S. The highest BCUT2D eigenvalue weighted by Gasteiger charge is 2.31. The number of hydrogen-bond acceptors (Lipinski definition) is 6. The van der Waals surface area contributed by atoms with Gasteiger partial charge in [-0.1, -0.05) is 30.0 Å². The van der Waals surface area contributed by atoms with Gasteiger partial charge in [0.25, 0.3) is 5.24 Å². The molecule has 1 atom stereocenters. The van der Waals surface area contributed by atoms with Crippen LogP contribution in [-0.4, -0.2) is 33.7 Å². The third-order valence-corrected chi connectivity index (χ3v) is 4.45. The highest BCUT2D eigenvalue weighted by atomic mass is 32.2. The zero-order valence-corrected chi connectivity index (χ0v) is 13.5. The van der Waals surface area contributed by atoms with Crippen molar-refractivity contribution in [3.8, 4) is 5.75 Å². The minimum Gasteiger partial charge on any atom is -0.487 e. The third-order valence-electron chi connectivity index (χ3n) is 3.47. The monoisotopic (exact) mass is 341 g/mol. The Labute approximate surface area is 143 Å². The van der Waals surface area contributed by atoms with E-state index >= 15 is 0 Å². The molecule has 0 saturated carbocycles. The number of benzene rings is 1. The summed E-state index contributed by atoms with van der Waals surface area (Å²) in [5, 5.41) is 9.56. The molecule has 24 heavy (non-hydrogen) atoms. The maximum atomic E-state index is 11.6. The Morgan fingerprint density at radius 1 is 1.21 bits per heavy atom. The second-order valence-electron chi connectivity index (χ2n) is 5.21. The van der Waals surface area contributed by atoms with Crippen LogP contribution in [0.5, 0.6) is 5.75 Å². The van der Waals surface area contributed by atoms with Crippen LogP contribution in [0.15, 0.2) is 48.7 Å². The number of hydrogen-bond donors (Lipinski definition) is 2. The van der Waals surface area contributed by atoms with E-state index in [-0.39, 0.29) is 23.0 Å². The van der Waals surface area contributed by atoms with Crippen LogP contribution >= 0.6 is 11.8 Å². The zero-order valence-electron chi connectivity index (χ0n) is 12.7. The van der Waals surface area contributed by atoms with Crippen LogP contribution in [0.4, 0.5) is 4.79 Å². The predicted octanol–water partition coefficient (Wildman–Crippen LogP) is 2.42. The molecule has 0 radical (unpaired) electrons. The van der Waals surface area contributed by atoms with E-state index < -0.39 is 0 Å². The highest BCUT2D eigenvalue weighted by molar-refractivity contribution is 8.15. The minimum absolute atomic E-state index is 0.131. The Bertz CT molecular complexity index is 762. The Balaban J connectivity index is 1.54. The topological polar surface area (TPSA) is 92.1 Å². The van der Waals surface area contributed by atoms with E-state index in [4.69, 9.17) is 10.1 Å². The van der Waals surface area contributed by atoms with Crippen molar-refractivity contribution < 1.29 is 14.3 Å². The first-order chi connectivity index (χ1) is 11.6. The Hall–Kier alpha value is -2.67. The second-order valence-corrected chi connectivity index (χ2v) is 6.39. The van der Waals surface area contributed by atoms with Crippen LogP contribution in [0, 0.1) is 5.41 Å². The van der Waals surface area contributed by atoms with Crippen molar-refractivity contribution in [1.29, 1.82) is 5.41 Å². The predicted molar refractivity (Wildman–Crippen MR) is 91.6 cm³/mol. The summed E-state index contributed by atoms with van der Waals surface area (Å²) in [6, 6.07) is 12.7. The van der Waals surface area contributed by atoms with Crippen LogP contribution in [0.2, 0.25) is 0 Å². The molecule has 2 aromatic rings. The number of ether oxygens (including phenoxy) is 1. The smallest absolute Gasteiger partial charge is 0.286 e. The fourth-order valence-corrected chi connectivity index (χ4v) is 3.09. The number of carbonyl (C=O) groups excluding carboxylic acids is 2. The number of pyridine rings is 1. The van der Waals surface area contributed by atoms with Gasteiger partial charge in [-0.25, -0.2) is 0 Å². The summed E-state index contributed by atoms with van der Waals surface area (Å²) >= 11 is 1.02. The van der Waals surface area contributed by atoms with Crippen LogP contribution in [0.3, 0.4) is 0 Å². The quantitative estimate of drug-likeness (QED) is 0.787. The van der Waals surface area contributed by atoms with Crippen molar-refractivity contribution in [2.24, 2.45) is 0 Å². The minimum atomic E-state index is -0.374. The SMILES string of the molecule is N=C(COc1ccc(CC2SC(=O)NC2=O)cc1)c1ccccn1. The molecule has 0 spiro atoms. The zero-order chi connectivity index (χ0) is 16.9. The summed E-state index contributed by atoms with van der Waals surface area (Å²) in [4.78, 5) is 26.8. The number of nitrogens with one attached hydrogen (secondary N) is 2. The first-order valence-electron chi connectivity index (χ1n) is 7.34. The number of carbonyl (C=O) groups is 2. The summed E-state index contributed by atoms with van der Waals surface area (Å²) in [6.07, 6.45) is 2.13. The number of nitrogens with zero attached hydrogens (tertiary/aromatic N) is 1. The van der Waals surface area contributed by atoms with Gasteiger partial charge in [0.05, 0.1) is 16.7 Å². The Morgan fingerprint density at radius 2 is 2.00 bits per heavy atom. The van der Waals surface area contributed by atoms with Crippen LogP contribution in [0.1, 0.15) is 11.3 Å². The number of thioether (sulfide) groups is 1. The standard InChI is InChI=1S/C17H15N3O3S/c18-13(14-3-1-2-8-19-14)10-23-12-6-4-11(5-7-12)9-15-16(21)20-17(22)24-15/h1-8,15,18H,9-10H2,(H,20,21,22). The van der Waals surface area contributed by atoms with Crippen molar-refractivity contribution in [1.82, 2.24) is 10.3 Å². The van der Waals surface area contributed by atoms with Crippen molar-refractivity contribution in [3.05, 3.63) is 59.9 Å². The lowest BCUT2D eigenvalue weighted by Gasteiger charge is -2.09. The number of aromatic nitrogens is 1. The van der Waals surface area contributed by atoms with E-state index in [1.54, 1.807) is 30.5 Å². The first-order valence-corrected chi connectivity index (χ1v) is 8.22. The molecule has 1 aliphatic rings. The van der Waals surface area contributed by atoms with Crippen molar-refractivity contribution in [2.75, 3.05) is 6.61 Å². The van der Waals surface area contributed by atoms with E-state index in [1.807, 2.05) is 18.2 Å². The maximum absolute atomic E-state index is 11.6. The molecule has 1 aromatic heterocycles. The molecule has 3 rings (SSSR count). The lowest BCUT2D eigenvalue weighted by atomic mass is 10.1. The molecule has 1 aliphatic heterocycles. The third kappa shape index (κ3) is 3.99. The summed E-state index contributed by atoms with van der Waals surface area (Å²) in [5.41, 5.74) is 1.84. The molecule has 1 saturated heterocycles. The van der Waals surface area contributed by atoms with Gasteiger partial charge in [0.1, 0.15) is 12.4 Å². The molecule has 0 bridgehead atoms. The normalized spacial score (nSPS) is 16.8. The Morgan fingerprint density at radius 3 is 2.62 bits per heavy atom. The van der Waals surface area contributed by atoms with Crippen molar-refractivity contribution in [3.63, 3.8) is 0 Å².